The van der Waals surface area contributed by atoms with Crippen LogP contribution in [0.4, 0.5) is 11.5 Å². The summed E-state index contributed by atoms with van der Waals surface area (Å²) in [5.74, 6) is 0.137. The predicted molar refractivity (Wildman–Crippen MR) is 76.1 cm³/mol. The number of nitrogens with zero attached hydrogens (tertiary/aromatic N) is 4. The molecule has 1 fully saturated rings. The molecule has 1 amide bonds. The van der Waals surface area contributed by atoms with Crippen molar-refractivity contribution in [2.45, 2.75) is 13.0 Å². The first-order valence-electron chi connectivity index (χ1n) is 6.71. The molecule has 1 saturated heterocycles. The second kappa shape index (κ2) is 6.82. The Labute approximate surface area is 126 Å². The number of morpholine rings is 1. The number of anilines is 1. The number of ether oxygens (including phenoxy) is 1. The lowest BCUT2D eigenvalue weighted by atomic mass is 10.2. The lowest BCUT2D eigenvalue weighted by Crippen LogP contribution is -2.47. The number of nitrogens with one attached hydrogen (secondary N) is 1. The van der Waals surface area contributed by atoms with E-state index in [0.29, 0.717) is 26.3 Å². The van der Waals surface area contributed by atoms with Gasteiger partial charge in [-0.2, -0.15) is 5.26 Å². The van der Waals surface area contributed by atoms with Crippen molar-refractivity contribution in [3.8, 4) is 6.07 Å². The summed E-state index contributed by atoms with van der Waals surface area (Å²) in [5, 5.41) is 22.5. The molecule has 0 spiro atoms. The number of hydrogen-bond acceptors (Lipinski definition) is 7. The van der Waals surface area contributed by atoms with Crippen molar-refractivity contribution in [3.63, 3.8) is 0 Å². The van der Waals surface area contributed by atoms with Crippen LogP contribution < -0.4 is 5.32 Å². The average molecular weight is 305 g/mol. The molecule has 1 aliphatic heterocycles. The summed E-state index contributed by atoms with van der Waals surface area (Å²) in [4.78, 5) is 27.9. The van der Waals surface area contributed by atoms with Crippen LogP contribution in [-0.4, -0.2) is 53.1 Å². The van der Waals surface area contributed by atoms with Crippen molar-refractivity contribution in [1.82, 2.24) is 9.88 Å². The Morgan fingerprint density at radius 2 is 2.23 bits per heavy atom. The van der Waals surface area contributed by atoms with Crippen LogP contribution in [0.15, 0.2) is 12.1 Å². The molecule has 0 aliphatic carbocycles. The number of carbonyl (C=O) groups is 1. The van der Waals surface area contributed by atoms with Gasteiger partial charge in [0.15, 0.2) is 0 Å². The maximum absolute atomic E-state index is 12.2. The molecule has 22 heavy (non-hydrogen) atoms. The van der Waals surface area contributed by atoms with Gasteiger partial charge in [0.25, 0.3) is 0 Å². The van der Waals surface area contributed by atoms with Gasteiger partial charge in [-0.3, -0.25) is 14.9 Å². The maximum Gasteiger partial charge on any atom is 0.305 e. The molecule has 1 aromatic rings. The van der Waals surface area contributed by atoms with Gasteiger partial charge < -0.3 is 15.0 Å². The molecular formula is C13H15N5O4. The lowest BCUT2D eigenvalue weighted by Gasteiger charge is -2.29. The number of hydrogen-bond donors (Lipinski definition) is 1. The zero-order valence-corrected chi connectivity index (χ0v) is 12.0. The monoisotopic (exact) mass is 305 g/mol. The van der Waals surface area contributed by atoms with Crippen molar-refractivity contribution in [2.24, 2.45) is 0 Å². The van der Waals surface area contributed by atoms with E-state index in [1.807, 2.05) is 0 Å². The number of nitro groups is 1. The lowest BCUT2D eigenvalue weighted by molar-refractivity contribution is -0.385. The summed E-state index contributed by atoms with van der Waals surface area (Å²) in [7, 11) is 0. The number of rotatable bonds is 4. The van der Waals surface area contributed by atoms with Gasteiger partial charge in [-0.1, -0.05) is 0 Å². The van der Waals surface area contributed by atoms with Gasteiger partial charge in [-0.25, -0.2) is 4.98 Å². The van der Waals surface area contributed by atoms with Crippen LogP contribution in [0.25, 0.3) is 0 Å². The fourth-order valence-electron chi connectivity index (χ4n) is 2.10. The Hall–Kier alpha value is -2.73. The average Bonchev–Trinajstić information content (AvgIpc) is 2.54. The summed E-state index contributed by atoms with van der Waals surface area (Å²) < 4.78 is 5.19. The molecule has 9 nitrogen and oxygen atoms in total. The Morgan fingerprint density at radius 1 is 1.55 bits per heavy atom. The second-order valence-corrected chi connectivity index (χ2v) is 4.74. The molecular weight excluding hydrogens is 290 g/mol. The molecule has 0 radical (unpaired) electrons. The van der Waals surface area contributed by atoms with E-state index in [-0.39, 0.29) is 23.1 Å². The second-order valence-electron chi connectivity index (χ2n) is 4.74. The van der Waals surface area contributed by atoms with Gasteiger partial charge in [-0.05, 0) is 13.0 Å². The zero-order valence-electron chi connectivity index (χ0n) is 12.0. The van der Waals surface area contributed by atoms with E-state index >= 15 is 0 Å². The largest absolute Gasteiger partial charge is 0.378 e. The number of pyridine rings is 1. The minimum Gasteiger partial charge on any atom is -0.378 e. The SMILES string of the molecule is CC(Nc1ccc([N+](=O)[O-])c(C#N)n1)C(=O)N1CCOCC1. The number of amides is 1. The zero-order chi connectivity index (χ0) is 16.1. The van der Waals surface area contributed by atoms with Gasteiger partial charge in [0, 0.05) is 19.2 Å². The molecule has 1 N–H and O–H groups in total. The molecule has 2 rings (SSSR count). The van der Waals surface area contributed by atoms with Gasteiger partial charge in [0.05, 0.1) is 18.1 Å². The minimum atomic E-state index is -0.669. The quantitative estimate of drug-likeness (QED) is 0.635. The highest BCUT2D eigenvalue weighted by Crippen LogP contribution is 2.18. The van der Waals surface area contributed by atoms with Crippen molar-refractivity contribution in [2.75, 3.05) is 31.6 Å². The minimum absolute atomic E-state index is 0.109. The van der Waals surface area contributed by atoms with E-state index in [4.69, 9.17) is 10.00 Å². The number of carbonyl (C=O) groups excluding carboxylic acids is 1. The van der Waals surface area contributed by atoms with Crippen molar-refractivity contribution >= 4 is 17.4 Å². The van der Waals surface area contributed by atoms with Crippen LogP contribution in [0.1, 0.15) is 12.6 Å². The molecule has 1 aromatic heterocycles. The van der Waals surface area contributed by atoms with E-state index in [2.05, 4.69) is 10.3 Å². The Morgan fingerprint density at radius 3 is 2.82 bits per heavy atom. The molecule has 2 heterocycles. The molecule has 1 unspecified atom stereocenters. The van der Waals surface area contributed by atoms with Crippen molar-refractivity contribution in [3.05, 3.63) is 27.9 Å². The van der Waals surface area contributed by atoms with Gasteiger partial charge in [-0.15, -0.1) is 0 Å². The van der Waals surface area contributed by atoms with Gasteiger partial charge in [0.1, 0.15) is 17.9 Å². The summed E-state index contributed by atoms with van der Waals surface area (Å²) >= 11 is 0. The van der Waals surface area contributed by atoms with E-state index in [0.717, 1.165) is 0 Å². The summed E-state index contributed by atoms with van der Waals surface area (Å²) in [6.07, 6.45) is 0. The van der Waals surface area contributed by atoms with Crippen LogP contribution in [0.2, 0.25) is 0 Å². The fourth-order valence-corrected chi connectivity index (χ4v) is 2.10. The summed E-state index contributed by atoms with van der Waals surface area (Å²) in [6.45, 7) is 3.75. The third kappa shape index (κ3) is 3.48. The number of aromatic nitrogens is 1. The predicted octanol–water partition coefficient (Wildman–Crippen LogP) is 0.521. The number of nitriles is 1. The highest BCUT2D eigenvalue weighted by Gasteiger charge is 2.23. The molecule has 1 aliphatic rings. The molecule has 1 atom stereocenters. The van der Waals surface area contributed by atoms with Crippen molar-refractivity contribution < 1.29 is 14.5 Å². The first-order valence-corrected chi connectivity index (χ1v) is 6.71. The molecule has 0 bridgehead atoms. The van der Waals surface area contributed by atoms with E-state index in [1.165, 1.54) is 12.1 Å². The first-order chi connectivity index (χ1) is 10.5. The van der Waals surface area contributed by atoms with Crippen LogP contribution in [-0.2, 0) is 9.53 Å². The Kier molecular flexibility index (Phi) is 4.85. The van der Waals surface area contributed by atoms with Crippen LogP contribution in [0.5, 0.6) is 0 Å². The standard InChI is InChI=1S/C13H15N5O4/c1-9(13(19)17-4-6-22-7-5-17)15-12-3-2-11(18(20)21)10(8-14)16-12/h2-3,9H,4-7H2,1H3,(H,15,16). The van der Waals surface area contributed by atoms with E-state index in [1.54, 1.807) is 17.9 Å². The van der Waals surface area contributed by atoms with Gasteiger partial charge >= 0.3 is 5.69 Å². The van der Waals surface area contributed by atoms with Crippen LogP contribution in [0.3, 0.4) is 0 Å². The first kappa shape index (κ1) is 15.7. The van der Waals surface area contributed by atoms with Crippen molar-refractivity contribution in [1.29, 1.82) is 5.26 Å². The Bertz CT molecular complexity index is 621. The summed E-state index contributed by atoms with van der Waals surface area (Å²) in [6, 6.07) is 3.69. The van der Waals surface area contributed by atoms with Crippen LogP contribution >= 0.6 is 0 Å². The van der Waals surface area contributed by atoms with Crippen LogP contribution in [0, 0.1) is 21.4 Å². The molecule has 9 heteroatoms. The van der Waals surface area contributed by atoms with E-state index in [9.17, 15) is 14.9 Å². The topological polar surface area (TPSA) is 121 Å². The molecule has 116 valence electrons. The third-order valence-corrected chi connectivity index (χ3v) is 3.23. The maximum atomic E-state index is 12.2. The fraction of sp³-hybridized carbons (Fsp3) is 0.462. The third-order valence-electron chi connectivity index (χ3n) is 3.23. The normalized spacial score (nSPS) is 15.7. The Balaban J connectivity index is 2.08. The molecule has 0 aromatic carbocycles. The highest BCUT2D eigenvalue weighted by atomic mass is 16.6. The van der Waals surface area contributed by atoms with Gasteiger partial charge in [0.2, 0.25) is 11.6 Å². The highest BCUT2D eigenvalue weighted by molar-refractivity contribution is 5.84. The summed E-state index contributed by atoms with van der Waals surface area (Å²) in [5.41, 5.74) is -0.652. The smallest absolute Gasteiger partial charge is 0.305 e. The van der Waals surface area contributed by atoms with E-state index < -0.39 is 11.0 Å². The molecule has 0 saturated carbocycles.